The van der Waals surface area contributed by atoms with E-state index in [-0.39, 0.29) is 29.1 Å². The van der Waals surface area contributed by atoms with Crippen LogP contribution in [0.2, 0.25) is 0 Å². The zero-order chi connectivity index (χ0) is 51.3. The molecule has 0 unspecified atom stereocenters. The van der Waals surface area contributed by atoms with Crippen molar-refractivity contribution < 1.29 is 0 Å². The van der Waals surface area contributed by atoms with Gasteiger partial charge in [-0.15, -0.1) is 0 Å². The van der Waals surface area contributed by atoms with Crippen molar-refractivity contribution >= 4 is 55.3 Å². The minimum absolute atomic E-state index is 0.0155. The van der Waals surface area contributed by atoms with Crippen LogP contribution in [0.15, 0.2) is 175 Å². The number of aryl methyl sites for hydroxylation is 1. The lowest BCUT2D eigenvalue weighted by atomic mass is 9.66. The van der Waals surface area contributed by atoms with Crippen LogP contribution in [0, 0.1) is 6.92 Å². The Hall–Kier alpha value is -7.24. The van der Waals surface area contributed by atoms with Crippen LogP contribution in [0.1, 0.15) is 151 Å². The first-order chi connectivity index (χ1) is 34.9. The highest BCUT2D eigenvalue weighted by atomic mass is 15.4. The lowest BCUT2D eigenvalue weighted by Crippen LogP contribution is -2.60. The molecule has 368 valence electrons. The number of para-hydroxylation sites is 1. The van der Waals surface area contributed by atoms with Crippen LogP contribution in [-0.2, 0) is 5.41 Å². The van der Waals surface area contributed by atoms with Gasteiger partial charge in [0.05, 0.1) is 33.3 Å². The Balaban J connectivity index is 1.20. The molecule has 0 saturated carbocycles. The minimum atomic E-state index is -0.572. The van der Waals surface area contributed by atoms with Crippen molar-refractivity contribution in [2.75, 3.05) is 4.90 Å². The summed E-state index contributed by atoms with van der Waals surface area (Å²) < 4.78 is 4.88. The maximum absolute atomic E-state index is 6.08. The van der Waals surface area contributed by atoms with Crippen LogP contribution in [0.25, 0.3) is 55.1 Å². The SMILES string of the molecule is Cc1ccc2c(c1)c1ccc(-n3c4ccc(C(C)(C)C)cc4c4cccnc43)cc1n2-c1cc(C2=NC(C)(C)[C@](C)(C(c3ccccc3)c3ccccc3)N2c2c(C(C)C)cccc2C(C)C)cc(C(C)C)c1. The molecule has 11 rings (SSSR count). The molecule has 1 aliphatic heterocycles. The number of nitrogens with zero attached hydrogens (tertiary/aromatic N) is 5. The third-order valence-electron chi connectivity index (χ3n) is 16.4. The second kappa shape index (κ2) is 17.8. The molecule has 7 aromatic carbocycles. The van der Waals surface area contributed by atoms with Gasteiger partial charge in [-0.2, -0.15) is 0 Å². The molecule has 0 amide bonds. The molecule has 1 aliphatic rings. The number of aliphatic imine (C=N–C) groups is 1. The van der Waals surface area contributed by atoms with Crippen LogP contribution in [0.4, 0.5) is 5.69 Å². The highest BCUT2D eigenvalue weighted by molar-refractivity contribution is 6.15. The fraction of sp³-hybridized carbons (Fsp3) is 0.294. The van der Waals surface area contributed by atoms with E-state index in [0.29, 0.717) is 0 Å². The summed E-state index contributed by atoms with van der Waals surface area (Å²) in [6, 6.07) is 61.8. The Kier molecular flexibility index (Phi) is 11.7. The number of rotatable bonds is 10. The summed E-state index contributed by atoms with van der Waals surface area (Å²) >= 11 is 0. The van der Waals surface area contributed by atoms with E-state index in [2.05, 4.69) is 268 Å². The summed E-state index contributed by atoms with van der Waals surface area (Å²) in [6.45, 7) is 30.3. The molecule has 0 aliphatic carbocycles. The van der Waals surface area contributed by atoms with E-state index in [0.717, 1.165) is 44.8 Å². The van der Waals surface area contributed by atoms with Crippen LogP contribution in [-0.4, -0.2) is 31.0 Å². The number of hydrogen-bond acceptors (Lipinski definition) is 3. The average molecular weight is 958 g/mol. The predicted molar refractivity (Wildman–Crippen MR) is 311 cm³/mol. The normalized spacial score (nSPS) is 16.2. The molecule has 1 atom stereocenters. The van der Waals surface area contributed by atoms with Crippen LogP contribution < -0.4 is 4.90 Å². The van der Waals surface area contributed by atoms with E-state index in [1.165, 1.54) is 66.3 Å². The summed E-state index contributed by atoms with van der Waals surface area (Å²) in [4.78, 5) is 13.9. The number of pyridine rings is 1. The Morgan fingerprint density at radius 2 is 1.12 bits per heavy atom. The first kappa shape index (κ1) is 48.1. The molecule has 0 radical (unpaired) electrons. The lowest BCUT2D eigenvalue weighted by Gasteiger charge is -2.51. The fourth-order valence-electron chi connectivity index (χ4n) is 12.2. The van der Waals surface area contributed by atoms with Gasteiger partial charge >= 0.3 is 0 Å². The Bertz CT molecular complexity index is 3700. The van der Waals surface area contributed by atoms with E-state index in [4.69, 9.17) is 9.98 Å². The van der Waals surface area contributed by atoms with E-state index >= 15 is 0 Å². The van der Waals surface area contributed by atoms with Crippen LogP contribution in [0.5, 0.6) is 0 Å². The van der Waals surface area contributed by atoms with Crippen molar-refractivity contribution in [2.45, 2.75) is 130 Å². The average Bonchev–Trinajstić information content (AvgIpc) is 3.95. The van der Waals surface area contributed by atoms with Gasteiger partial charge in [-0.3, -0.25) is 9.56 Å². The number of benzene rings is 7. The van der Waals surface area contributed by atoms with Crippen LogP contribution in [0.3, 0.4) is 0 Å². The van der Waals surface area contributed by atoms with Crippen molar-refractivity contribution in [3.8, 4) is 11.4 Å². The number of aromatic nitrogens is 3. The molecule has 0 N–H and O–H groups in total. The van der Waals surface area contributed by atoms with Gasteiger partial charge < -0.3 is 9.47 Å². The van der Waals surface area contributed by atoms with Crippen molar-refractivity contribution in [2.24, 2.45) is 4.99 Å². The standard InChI is InChI=1S/C68H71N5/c1-42(2)48-37-49(64-70-67(11,12)68(13,62(46-22-16-14-17-23-46)47-24-18-15-19-25-47)73(64)63-53(43(3)4)26-20-27-54(63)44(5)6)39-52(38-48)71-59-33-29-45(7)36-57(59)55-32-31-51(41-61(55)71)72-60-34-30-50(66(8,9)10)40-58(60)56-28-21-35-69-65(56)72/h14-44,62H,1-13H3/t68-/m0/s1. The molecule has 0 bridgehead atoms. The highest BCUT2D eigenvalue weighted by Crippen LogP contribution is 2.55. The number of anilines is 1. The van der Waals surface area contributed by atoms with E-state index in [1.807, 2.05) is 6.20 Å². The van der Waals surface area contributed by atoms with Gasteiger partial charge in [-0.25, -0.2) is 4.98 Å². The molecule has 3 aromatic heterocycles. The Labute approximate surface area is 433 Å². The maximum atomic E-state index is 6.08. The second-order valence-electron chi connectivity index (χ2n) is 23.5. The molecular weight excluding hydrogens is 887 g/mol. The smallest absolute Gasteiger partial charge is 0.145 e. The quantitative estimate of drug-likeness (QED) is 0.137. The van der Waals surface area contributed by atoms with Gasteiger partial charge in [0.15, 0.2) is 0 Å². The molecule has 5 nitrogen and oxygen atoms in total. The van der Waals surface area contributed by atoms with Crippen molar-refractivity contribution in [1.82, 2.24) is 14.1 Å². The third kappa shape index (κ3) is 7.81. The van der Waals surface area contributed by atoms with Gasteiger partial charge in [0.25, 0.3) is 0 Å². The molecule has 0 fully saturated rings. The summed E-state index contributed by atoms with van der Waals surface area (Å²) in [5.41, 5.74) is 17.0. The van der Waals surface area contributed by atoms with Crippen molar-refractivity contribution in [1.29, 1.82) is 0 Å². The van der Waals surface area contributed by atoms with Gasteiger partial charge in [-0.05, 0) is 151 Å². The van der Waals surface area contributed by atoms with Gasteiger partial charge in [-0.1, -0.05) is 165 Å². The predicted octanol–water partition coefficient (Wildman–Crippen LogP) is 17.9. The molecule has 73 heavy (non-hydrogen) atoms. The molecule has 10 aromatic rings. The van der Waals surface area contributed by atoms with Gasteiger partial charge in [0.2, 0.25) is 0 Å². The van der Waals surface area contributed by atoms with Crippen LogP contribution >= 0.6 is 0 Å². The Morgan fingerprint density at radius 3 is 1.75 bits per heavy atom. The summed E-state index contributed by atoms with van der Waals surface area (Å²) in [5, 5.41) is 4.84. The van der Waals surface area contributed by atoms with E-state index in [9.17, 15) is 0 Å². The lowest BCUT2D eigenvalue weighted by molar-refractivity contribution is 0.279. The number of fused-ring (bicyclic) bond motifs is 6. The summed E-state index contributed by atoms with van der Waals surface area (Å²) in [7, 11) is 0. The number of amidine groups is 1. The first-order valence-electron chi connectivity index (χ1n) is 26.6. The molecule has 0 spiro atoms. The fourth-order valence-corrected chi connectivity index (χ4v) is 12.2. The minimum Gasteiger partial charge on any atom is -0.316 e. The van der Waals surface area contributed by atoms with E-state index < -0.39 is 11.1 Å². The largest absolute Gasteiger partial charge is 0.316 e. The second-order valence-corrected chi connectivity index (χ2v) is 23.5. The van der Waals surface area contributed by atoms with E-state index in [1.54, 1.807) is 0 Å². The van der Waals surface area contributed by atoms with Gasteiger partial charge in [0.1, 0.15) is 11.5 Å². The molecule has 0 saturated heterocycles. The Morgan fingerprint density at radius 1 is 0.493 bits per heavy atom. The van der Waals surface area contributed by atoms with Gasteiger partial charge in [0, 0.05) is 50.6 Å². The monoisotopic (exact) mass is 958 g/mol. The highest BCUT2D eigenvalue weighted by Gasteiger charge is 2.59. The molecule has 5 heteroatoms. The van der Waals surface area contributed by atoms with Crippen molar-refractivity contribution in [3.63, 3.8) is 0 Å². The zero-order valence-corrected chi connectivity index (χ0v) is 45.2. The third-order valence-corrected chi connectivity index (χ3v) is 16.4. The van der Waals surface area contributed by atoms with Crippen molar-refractivity contribution in [3.05, 3.63) is 214 Å². The summed E-state index contributed by atoms with van der Waals surface area (Å²) in [5.74, 6) is 1.76. The maximum Gasteiger partial charge on any atom is 0.145 e. The number of hydrogen-bond donors (Lipinski definition) is 0. The first-order valence-corrected chi connectivity index (χ1v) is 26.6. The summed E-state index contributed by atoms with van der Waals surface area (Å²) in [6.07, 6.45) is 1.92. The molecular formula is C68H71N5. The topological polar surface area (TPSA) is 38.4 Å². The zero-order valence-electron chi connectivity index (χ0n) is 45.2. The molecule has 4 heterocycles.